The first-order chi connectivity index (χ1) is 8.58. The molecule has 0 fully saturated rings. The molecular formula is C14H13NO3. The molecular weight excluding hydrogens is 230 g/mol. The zero-order chi connectivity index (χ0) is 13.1. The summed E-state index contributed by atoms with van der Waals surface area (Å²) >= 11 is 0. The van der Waals surface area contributed by atoms with Crippen LogP contribution in [0.4, 0.5) is 5.69 Å². The Morgan fingerprint density at radius 2 is 1.56 bits per heavy atom. The van der Waals surface area contributed by atoms with Crippen molar-refractivity contribution in [3.63, 3.8) is 0 Å². The molecule has 0 atom stereocenters. The lowest BCUT2D eigenvalue weighted by Crippen LogP contribution is -1.96. The Balaban J connectivity index is 2.34. The van der Waals surface area contributed by atoms with E-state index in [9.17, 15) is 10.1 Å². The molecule has 0 aromatic heterocycles. The normalized spacial score (nSPS) is 10.1. The highest BCUT2D eigenvalue weighted by molar-refractivity contribution is 5.51. The Labute approximate surface area is 105 Å². The van der Waals surface area contributed by atoms with Crippen molar-refractivity contribution in [1.29, 1.82) is 0 Å². The summed E-state index contributed by atoms with van der Waals surface area (Å²) in [5, 5.41) is 10.9. The van der Waals surface area contributed by atoms with Crippen molar-refractivity contribution in [2.75, 3.05) is 0 Å². The van der Waals surface area contributed by atoms with E-state index in [0.29, 0.717) is 22.6 Å². The highest BCUT2D eigenvalue weighted by Crippen LogP contribution is 2.30. The van der Waals surface area contributed by atoms with Gasteiger partial charge in [-0.2, -0.15) is 0 Å². The van der Waals surface area contributed by atoms with Gasteiger partial charge in [0.25, 0.3) is 5.69 Å². The van der Waals surface area contributed by atoms with Gasteiger partial charge in [0, 0.05) is 11.1 Å². The number of hydrogen-bond acceptors (Lipinski definition) is 3. The number of hydrogen-bond donors (Lipinski definition) is 0. The molecule has 92 valence electrons. The van der Waals surface area contributed by atoms with Crippen LogP contribution in [0.25, 0.3) is 0 Å². The van der Waals surface area contributed by atoms with E-state index >= 15 is 0 Å². The maximum atomic E-state index is 10.9. The lowest BCUT2D eigenvalue weighted by molar-refractivity contribution is -0.386. The van der Waals surface area contributed by atoms with Crippen LogP contribution >= 0.6 is 0 Å². The fourth-order valence-electron chi connectivity index (χ4n) is 1.89. The number of nitro benzene ring substituents is 1. The predicted octanol–water partition coefficient (Wildman–Crippen LogP) is 4.00. The third-order valence-corrected chi connectivity index (χ3v) is 2.63. The molecule has 0 bridgehead atoms. The first-order valence-corrected chi connectivity index (χ1v) is 5.56. The minimum absolute atomic E-state index is 0.149. The summed E-state index contributed by atoms with van der Waals surface area (Å²) in [7, 11) is 0. The highest BCUT2D eigenvalue weighted by Gasteiger charge is 2.16. The predicted molar refractivity (Wildman–Crippen MR) is 69.1 cm³/mol. The zero-order valence-corrected chi connectivity index (χ0v) is 10.2. The van der Waals surface area contributed by atoms with E-state index in [1.807, 2.05) is 30.3 Å². The minimum atomic E-state index is -0.364. The van der Waals surface area contributed by atoms with Crippen molar-refractivity contribution in [2.24, 2.45) is 0 Å². The molecule has 0 heterocycles. The fourth-order valence-corrected chi connectivity index (χ4v) is 1.89. The Morgan fingerprint density at radius 3 is 2.06 bits per heavy atom. The fraction of sp³-hybridized carbons (Fsp3) is 0.143. The molecule has 4 nitrogen and oxygen atoms in total. The molecule has 0 saturated heterocycles. The zero-order valence-electron chi connectivity index (χ0n) is 10.2. The number of ether oxygens (including phenoxy) is 1. The average Bonchev–Trinajstić information content (AvgIpc) is 2.28. The first kappa shape index (κ1) is 12.1. The summed E-state index contributed by atoms with van der Waals surface area (Å²) in [5.41, 5.74) is 1.35. The summed E-state index contributed by atoms with van der Waals surface area (Å²) in [5.74, 6) is 1.33. The molecule has 0 aliphatic rings. The quantitative estimate of drug-likeness (QED) is 0.604. The van der Waals surface area contributed by atoms with Gasteiger partial charge in [0.1, 0.15) is 11.5 Å². The summed E-state index contributed by atoms with van der Waals surface area (Å²) in [6.45, 7) is 3.42. The monoisotopic (exact) mass is 243 g/mol. The highest BCUT2D eigenvalue weighted by atomic mass is 16.6. The second-order valence-electron chi connectivity index (χ2n) is 4.08. The van der Waals surface area contributed by atoms with Crippen LogP contribution in [-0.4, -0.2) is 4.92 Å². The Hall–Kier alpha value is -2.36. The van der Waals surface area contributed by atoms with E-state index in [1.165, 1.54) is 0 Å². The van der Waals surface area contributed by atoms with Crippen LogP contribution in [0, 0.1) is 24.0 Å². The van der Waals surface area contributed by atoms with E-state index < -0.39 is 0 Å². The van der Waals surface area contributed by atoms with Crippen LogP contribution < -0.4 is 4.74 Å². The molecule has 2 rings (SSSR count). The molecule has 2 aromatic rings. The van der Waals surface area contributed by atoms with Gasteiger partial charge in [-0.05, 0) is 38.1 Å². The van der Waals surface area contributed by atoms with Crippen molar-refractivity contribution >= 4 is 5.69 Å². The van der Waals surface area contributed by atoms with Gasteiger partial charge in [0.05, 0.1) is 4.92 Å². The standard InChI is InChI=1S/C14H13NO3/c1-10-8-13(9-11(2)14(10)15(16)17)18-12-6-4-3-5-7-12/h3-9H,1-2H3. The number of nitro groups is 1. The molecule has 0 N–H and O–H groups in total. The maximum Gasteiger partial charge on any atom is 0.275 e. The van der Waals surface area contributed by atoms with E-state index in [-0.39, 0.29) is 10.6 Å². The number of benzene rings is 2. The van der Waals surface area contributed by atoms with Crippen LogP contribution in [-0.2, 0) is 0 Å². The average molecular weight is 243 g/mol. The Bertz CT molecular complexity index is 556. The third-order valence-electron chi connectivity index (χ3n) is 2.63. The second kappa shape index (κ2) is 4.87. The van der Waals surface area contributed by atoms with Crippen molar-refractivity contribution in [1.82, 2.24) is 0 Å². The van der Waals surface area contributed by atoms with E-state index in [4.69, 9.17) is 4.74 Å². The smallest absolute Gasteiger partial charge is 0.275 e. The molecule has 4 heteroatoms. The van der Waals surface area contributed by atoms with Crippen molar-refractivity contribution in [2.45, 2.75) is 13.8 Å². The van der Waals surface area contributed by atoms with Gasteiger partial charge in [0.15, 0.2) is 0 Å². The molecule has 0 spiro atoms. The Morgan fingerprint density at radius 1 is 1.00 bits per heavy atom. The van der Waals surface area contributed by atoms with E-state index in [2.05, 4.69) is 0 Å². The topological polar surface area (TPSA) is 52.4 Å². The molecule has 0 aliphatic heterocycles. The van der Waals surface area contributed by atoms with Crippen molar-refractivity contribution in [3.8, 4) is 11.5 Å². The summed E-state index contributed by atoms with van der Waals surface area (Å²) < 4.78 is 5.65. The van der Waals surface area contributed by atoms with Crippen LogP contribution in [0.3, 0.4) is 0 Å². The van der Waals surface area contributed by atoms with Gasteiger partial charge in [-0.25, -0.2) is 0 Å². The maximum absolute atomic E-state index is 10.9. The van der Waals surface area contributed by atoms with E-state index in [0.717, 1.165) is 0 Å². The van der Waals surface area contributed by atoms with Gasteiger partial charge < -0.3 is 4.74 Å². The molecule has 2 aromatic carbocycles. The molecule has 0 aliphatic carbocycles. The van der Waals surface area contributed by atoms with Crippen LogP contribution in [0.15, 0.2) is 42.5 Å². The number of para-hydroxylation sites is 1. The summed E-state index contributed by atoms with van der Waals surface area (Å²) in [4.78, 5) is 10.5. The molecule has 18 heavy (non-hydrogen) atoms. The molecule has 0 saturated carbocycles. The molecule has 0 unspecified atom stereocenters. The summed E-state index contributed by atoms with van der Waals surface area (Å²) in [6, 6.07) is 12.7. The van der Waals surface area contributed by atoms with Crippen LogP contribution in [0.5, 0.6) is 11.5 Å². The molecule has 0 amide bonds. The Kier molecular flexibility index (Phi) is 3.28. The third kappa shape index (κ3) is 2.48. The van der Waals surface area contributed by atoms with Crippen molar-refractivity contribution in [3.05, 3.63) is 63.7 Å². The van der Waals surface area contributed by atoms with E-state index in [1.54, 1.807) is 26.0 Å². The van der Waals surface area contributed by atoms with Gasteiger partial charge in [-0.3, -0.25) is 10.1 Å². The van der Waals surface area contributed by atoms with Crippen molar-refractivity contribution < 1.29 is 9.66 Å². The summed E-state index contributed by atoms with van der Waals surface area (Å²) in [6.07, 6.45) is 0. The van der Waals surface area contributed by atoms with Gasteiger partial charge in [0.2, 0.25) is 0 Å². The second-order valence-corrected chi connectivity index (χ2v) is 4.08. The minimum Gasteiger partial charge on any atom is -0.457 e. The first-order valence-electron chi connectivity index (χ1n) is 5.56. The lowest BCUT2D eigenvalue weighted by atomic mass is 10.1. The SMILES string of the molecule is Cc1cc(Oc2ccccc2)cc(C)c1[N+](=O)[O-]. The van der Waals surface area contributed by atoms with Gasteiger partial charge in [-0.15, -0.1) is 0 Å². The number of aryl methyl sites for hydroxylation is 2. The largest absolute Gasteiger partial charge is 0.457 e. The van der Waals surface area contributed by atoms with Crippen LogP contribution in [0.2, 0.25) is 0 Å². The molecule has 0 radical (unpaired) electrons. The number of rotatable bonds is 3. The lowest BCUT2D eigenvalue weighted by Gasteiger charge is -2.08. The van der Waals surface area contributed by atoms with Crippen LogP contribution in [0.1, 0.15) is 11.1 Å². The van der Waals surface area contributed by atoms with Gasteiger partial charge >= 0.3 is 0 Å². The van der Waals surface area contributed by atoms with Gasteiger partial charge in [-0.1, -0.05) is 18.2 Å². The number of nitrogens with zero attached hydrogens (tertiary/aromatic N) is 1.